The summed E-state index contributed by atoms with van der Waals surface area (Å²) < 4.78 is 0. The summed E-state index contributed by atoms with van der Waals surface area (Å²) in [5.74, 6) is 1.08. The van der Waals surface area contributed by atoms with E-state index in [1.807, 2.05) is 20.8 Å². The van der Waals surface area contributed by atoms with E-state index < -0.39 is 5.91 Å². The number of rotatable bonds is 5. The molecule has 0 saturated heterocycles. The summed E-state index contributed by atoms with van der Waals surface area (Å²) in [6.45, 7) is 6.66. The molecule has 0 aliphatic heterocycles. The van der Waals surface area contributed by atoms with Crippen LogP contribution in [0.25, 0.3) is 0 Å². The zero-order valence-electron chi connectivity index (χ0n) is 10.3. The Hall–Kier alpha value is -1.36. The maximum atomic E-state index is 10.9. The number of anilines is 1. The highest BCUT2D eigenvalue weighted by atomic mass is 35.5. The fourth-order valence-electron chi connectivity index (χ4n) is 1.39. The van der Waals surface area contributed by atoms with E-state index in [2.05, 4.69) is 9.97 Å². The molecule has 5 nitrogen and oxygen atoms in total. The molecule has 0 radical (unpaired) electrons. The smallest absolute Gasteiger partial charge is 0.236 e. The molecule has 0 fully saturated rings. The number of carbonyl (C=O) groups is 1. The quantitative estimate of drug-likeness (QED) is 0.812. The van der Waals surface area contributed by atoms with Gasteiger partial charge in [0.25, 0.3) is 0 Å². The van der Waals surface area contributed by atoms with Gasteiger partial charge in [-0.2, -0.15) is 0 Å². The predicted molar refractivity (Wildman–Crippen MR) is 68.2 cm³/mol. The van der Waals surface area contributed by atoms with Crippen LogP contribution in [0.3, 0.4) is 0 Å². The number of likely N-dealkylation sites (N-methyl/N-ethyl adjacent to an activating group) is 1. The second-order valence-electron chi connectivity index (χ2n) is 4.04. The lowest BCUT2D eigenvalue weighted by atomic mass is 10.2. The summed E-state index contributed by atoms with van der Waals surface area (Å²) in [5.41, 5.74) is 5.19. The summed E-state index contributed by atoms with van der Waals surface area (Å²) in [4.78, 5) is 21.2. The molecule has 1 aromatic rings. The minimum absolute atomic E-state index is 0.126. The molecule has 0 aliphatic carbocycles. The van der Waals surface area contributed by atoms with Crippen LogP contribution in [0.1, 0.15) is 32.5 Å². The first-order chi connectivity index (χ1) is 7.93. The highest BCUT2D eigenvalue weighted by molar-refractivity contribution is 6.29. The Morgan fingerprint density at radius 1 is 1.53 bits per heavy atom. The molecule has 17 heavy (non-hydrogen) atoms. The van der Waals surface area contributed by atoms with E-state index in [9.17, 15) is 4.79 Å². The Morgan fingerprint density at radius 2 is 2.18 bits per heavy atom. The van der Waals surface area contributed by atoms with Gasteiger partial charge in [0.05, 0.1) is 6.54 Å². The normalized spacial score (nSPS) is 10.6. The first kappa shape index (κ1) is 13.7. The van der Waals surface area contributed by atoms with Gasteiger partial charge >= 0.3 is 0 Å². The van der Waals surface area contributed by atoms with E-state index in [1.54, 1.807) is 11.0 Å². The van der Waals surface area contributed by atoms with Crippen molar-refractivity contribution in [3.05, 3.63) is 17.0 Å². The number of nitrogens with zero attached hydrogens (tertiary/aromatic N) is 3. The average molecular weight is 257 g/mol. The molecule has 2 N–H and O–H groups in total. The van der Waals surface area contributed by atoms with E-state index in [1.165, 1.54) is 0 Å². The van der Waals surface area contributed by atoms with Crippen molar-refractivity contribution in [2.75, 3.05) is 18.0 Å². The van der Waals surface area contributed by atoms with Crippen LogP contribution in [-0.2, 0) is 4.79 Å². The Balaban J connectivity index is 3.06. The highest BCUT2D eigenvalue weighted by Gasteiger charge is 2.13. The van der Waals surface area contributed by atoms with Gasteiger partial charge in [-0.05, 0) is 6.92 Å². The van der Waals surface area contributed by atoms with E-state index in [4.69, 9.17) is 17.3 Å². The molecular formula is C11H17ClN4O. The maximum Gasteiger partial charge on any atom is 0.236 e. The molecule has 1 aromatic heterocycles. The number of hydrogen-bond donors (Lipinski definition) is 1. The van der Waals surface area contributed by atoms with Crippen LogP contribution in [0.4, 0.5) is 5.82 Å². The van der Waals surface area contributed by atoms with E-state index in [0.29, 0.717) is 23.3 Å². The van der Waals surface area contributed by atoms with Crippen LogP contribution in [0.15, 0.2) is 6.07 Å². The molecule has 0 unspecified atom stereocenters. The predicted octanol–water partition coefficient (Wildman–Crippen LogP) is 1.56. The van der Waals surface area contributed by atoms with Gasteiger partial charge in [0.2, 0.25) is 5.91 Å². The van der Waals surface area contributed by atoms with Crippen molar-refractivity contribution in [2.24, 2.45) is 5.73 Å². The van der Waals surface area contributed by atoms with Gasteiger partial charge in [-0.15, -0.1) is 0 Å². The van der Waals surface area contributed by atoms with Gasteiger partial charge in [-0.1, -0.05) is 25.4 Å². The number of amides is 1. The standard InChI is InChI=1S/C11H17ClN4O/c1-4-16(6-9(13)17)10-5-8(12)14-11(15-10)7(2)3/h5,7H,4,6H2,1-3H3,(H2,13,17). The minimum atomic E-state index is -0.396. The van der Waals surface area contributed by atoms with E-state index >= 15 is 0 Å². The van der Waals surface area contributed by atoms with E-state index in [-0.39, 0.29) is 12.5 Å². The third-order valence-corrected chi connectivity index (χ3v) is 2.46. The lowest BCUT2D eigenvalue weighted by Crippen LogP contribution is -2.34. The van der Waals surface area contributed by atoms with Gasteiger partial charge in [-0.25, -0.2) is 9.97 Å². The average Bonchev–Trinajstić information content (AvgIpc) is 2.24. The molecule has 1 rings (SSSR count). The number of aromatic nitrogens is 2. The van der Waals surface area contributed by atoms with E-state index in [0.717, 1.165) is 0 Å². The van der Waals surface area contributed by atoms with Gasteiger partial charge in [0, 0.05) is 18.5 Å². The molecule has 0 aromatic carbocycles. The molecule has 1 amide bonds. The number of nitrogens with two attached hydrogens (primary N) is 1. The first-order valence-electron chi connectivity index (χ1n) is 5.51. The summed E-state index contributed by atoms with van der Waals surface area (Å²) in [5, 5.41) is 0.377. The van der Waals surface area contributed by atoms with Crippen LogP contribution in [-0.4, -0.2) is 29.0 Å². The summed E-state index contributed by atoms with van der Waals surface area (Å²) in [6.07, 6.45) is 0. The Bertz CT molecular complexity index is 408. The lowest BCUT2D eigenvalue weighted by Gasteiger charge is -2.21. The van der Waals surface area contributed by atoms with Gasteiger partial charge in [0.1, 0.15) is 16.8 Å². The third kappa shape index (κ3) is 3.85. The van der Waals surface area contributed by atoms with Crippen LogP contribution < -0.4 is 10.6 Å². The maximum absolute atomic E-state index is 10.9. The number of carbonyl (C=O) groups excluding carboxylic acids is 1. The molecule has 0 aliphatic rings. The van der Waals surface area contributed by atoms with Crippen LogP contribution >= 0.6 is 11.6 Å². The highest BCUT2D eigenvalue weighted by Crippen LogP contribution is 2.19. The Morgan fingerprint density at radius 3 is 2.65 bits per heavy atom. The fraction of sp³-hybridized carbons (Fsp3) is 0.545. The molecular weight excluding hydrogens is 240 g/mol. The molecule has 0 bridgehead atoms. The third-order valence-electron chi connectivity index (χ3n) is 2.27. The molecule has 94 valence electrons. The largest absolute Gasteiger partial charge is 0.368 e. The van der Waals surface area contributed by atoms with Crippen molar-refractivity contribution >= 4 is 23.3 Å². The van der Waals surface area contributed by atoms with Gasteiger partial charge < -0.3 is 10.6 Å². The lowest BCUT2D eigenvalue weighted by molar-refractivity contribution is -0.116. The fourth-order valence-corrected chi connectivity index (χ4v) is 1.57. The second-order valence-corrected chi connectivity index (χ2v) is 4.43. The number of primary amides is 1. The zero-order valence-corrected chi connectivity index (χ0v) is 11.0. The molecule has 6 heteroatoms. The Kier molecular flexibility index (Phi) is 4.69. The molecule has 0 atom stereocenters. The van der Waals surface area contributed by atoms with Gasteiger partial charge in [-0.3, -0.25) is 4.79 Å². The SMILES string of the molecule is CCN(CC(N)=O)c1cc(Cl)nc(C(C)C)n1. The van der Waals surface area contributed by atoms with Gasteiger partial charge in [0.15, 0.2) is 0 Å². The zero-order chi connectivity index (χ0) is 13.0. The Labute approximate surface area is 106 Å². The van der Waals surface area contributed by atoms with Crippen LogP contribution in [0.2, 0.25) is 5.15 Å². The van der Waals surface area contributed by atoms with Crippen molar-refractivity contribution < 1.29 is 4.79 Å². The number of halogens is 1. The van der Waals surface area contributed by atoms with Crippen LogP contribution in [0, 0.1) is 0 Å². The summed E-state index contributed by atoms with van der Waals surface area (Å²) >= 11 is 5.94. The van der Waals surface area contributed by atoms with Crippen molar-refractivity contribution in [2.45, 2.75) is 26.7 Å². The molecule has 0 spiro atoms. The first-order valence-corrected chi connectivity index (χ1v) is 5.89. The molecule has 1 heterocycles. The summed E-state index contributed by atoms with van der Waals surface area (Å²) in [7, 11) is 0. The summed E-state index contributed by atoms with van der Waals surface area (Å²) in [6, 6.07) is 1.64. The van der Waals surface area contributed by atoms with Crippen molar-refractivity contribution in [1.29, 1.82) is 0 Å². The minimum Gasteiger partial charge on any atom is -0.368 e. The van der Waals surface area contributed by atoms with Crippen molar-refractivity contribution in [3.8, 4) is 0 Å². The monoisotopic (exact) mass is 256 g/mol. The number of hydrogen-bond acceptors (Lipinski definition) is 4. The van der Waals surface area contributed by atoms with Crippen molar-refractivity contribution in [3.63, 3.8) is 0 Å². The second kappa shape index (κ2) is 5.82. The van der Waals surface area contributed by atoms with Crippen molar-refractivity contribution in [1.82, 2.24) is 9.97 Å². The topological polar surface area (TPSA) is 72.1 Å². The molecule has 0 saturated carbocycles. The van der Waals surface area contributed by atoms with Crippen LogP contribution in [0.5, 0.6) is 0 Å².